The van der Waals surface area contributed by atoms with Crippen LogP contribution >= 0.6 is 0 Å². The van der Waals surface area contributed by atoms with E-state index in [1.165, 1.54) is 12.0 Å². The molecule has 1 N–H and O–H groups in total. The first-order valence-electron chi connectivity index (χ1n) is 6.08. The van der Waals surface area contributed by atoms with Crippen molar-refractivity contribution in [3.05, 3.63) is 29.8 Å². The molecule has 2 amide bonds. The molecule has 5 nitrogen and oxygen atoms in total. The second-order valence-corrected chi connectivity index (χ2v) is 4.10. The molecule has 21 heavy (non-hydrogen) atoms. The van der Waals surface area contributed by atoms with E-state index in [4.69, 9.17) is 0 Å². The highest BCUT2D eigenvalue weighted by Crippen LogP contribution is 2.29. The van der Waals surface area contributed by atoms with Crippen molar-refractivity contribution in [1.82, 2.24) is 4.90 Å². The van der Waals surface area contributed by atoms with Crippen molar-refractivity contribution in [2.24, 2.45) is 0 Å². The van der Waals surface area contributed by atoms with Gasteiger partial charge in [0.1, 0.15) is 6.54 Å². The smallest absolute Gasteiger partial charge is 0.416 e. The van der Waals surface area contributed by atoms with Gasteiger partial charge in [-0.2, -0.15) is 13.2 Å². The normalized spacial score (nSPS) is 10.9. The monoisotopic (exact) mass is 304 g/mol. The summed E-state index contributed by atoms with van der Waals surface area (Å²) in [6, 6.07) is 3.43. The standard InChI is InChI=1S/C13H15F3N2O3/c1-3-18(8-11(19)21-2)12(20)17-10-6-4-9(5-7-10)13(14,15)16/h4-7H,3,8H2,1-2H3,(H,17,20). The van der Waals surface area contributed by atoms with E-state index in [-0.39, 0.29) is 18.8 Å². The number of amides is 2. The molecule has 0 aromatic heterocycles. The second-order valence-electron chi connectivity index (χ2n) is 4.10. The van der Waals surface area contributed by atoms with E-state index in [9.17, 15) is 22.8 Å². The third kappa shape index (κ3) is 4.97. The van der Waals surface area contributed by atoms with E-state index in [0.29, 0.717) is 0 Å². The van der Waals surface area contributed by atoms with Gasteiger partial charge in [0.05, 0.1) is 12.7 Å². The molecule has 0 fully saturated rings. The largest absolute Gasteiger partial charge is 0.468 e. The minimum Gasteiger partial charge on any atom is -0.468 e. The third-order valence-electron chi connectivity index (χ3n) is 2.68. The van der Waals surface area contributed by atoms with Crippen molar-refractivity contribution >= 4 is 17.7 Å². The third-order valence-corrected chi connectivity index (χ3v) is 2.68. The van der Waals surface area contributed by atoms with Gasteiger partial charge >= 0.3 is 18.2 Å². The lowest BCUT2D eigenvalue weighted by molar-refractivity contribution is -0.141. The summed E-state index contributed by atoms with van der Waals surface area (Å²) in [7, 11) is 1.20. The van der Waals surface area contributed by atoms with Gasteiger partial charge < -0.3 is 15.0 Å². The number of nitrogens with one attached hydrogen (secondary N) is 1. The van der Waals surface area contributed by atoms with Crippen LogP contribution in [0.25, 0.3) is 0 Å². The molecule has 116 valence electrons. The Kier molecular flexibility index (Phi) is 5.57. The quantitative estimate of drug-likeness (QED) is 0.870. The maximum atomic E-state index is 12.4. The molecule has 0 aliphatic heterocycles. The zero-order chi connectivity index (χ0) is 16.0. The fraction of sp³-hybridized carbons (Fsp3) is 0.385. The number of likely N-dealkylation sites (N-methyl/N-ethyl adjacent to an activating group) is 1. The number of esters is 1. The van der Waals surface area contributed by atoms with Gasteiger partial charge in [-0.25, -0.2) is 4.79 Å². The van der Waals surface area contributed by atoms with Crippen molar-refractivity contribution in [3.63, 3.8) is 0 Å². The van der Waals surface area contributed by atoms with Gasteiger partial charge in [-0.1, -0.05) is 0 Å². The molecule has 0 aliphatic carbocycles. The lowest BCUT2D eigenvalue weighted by atomic mass is 10.2. The van der Waals surface area contributed by atoms with Crippen LogP contribution in [0.2, 0.25) is 0 Å². The number of methoxy groups -OCH3 is 1. The molecule has 1 aromatic rings. The van der Waals surface area contributed by atoms with E-state index in [1.807, 2.05) is 0 Å². The molecule has 1 rings (SSSR count). The van der Waals surface area contributed by atoms with Crippen LogP contribution in [0, 0.1) is 0 Å². The molecule has 0 aliphatic rings. The summed E-state index contributed by atoms with van der Waals surface area (Å²) in [6.07, 6.45) is -4.43. The van der Waals surface area contributed by atoms with Gasteiger partial charge in [0.25, 0.3) is 0 Å². The number of nitrogens with zero attached hydrogens (tertiary/aromatic N) is 1. The molecular weight excluding hydrogens is 289 g/mol. The Morgan fingerprint density at radius 3 is 2.24 bits per heavy atom. The van der Waals surface area contributed by atoms with E-state index in [1.54, 1.807) is 6.92 Å². The number of rotatable bonds is 4. The number of carbonyl (C=O) groups is 2. The Morgan fingerprint density at radius 1 is 1.24 bits per heavy atom. The fourth-order valence-corrected chi connectivity index (χ4v) is 1.49. The average Bonchev–Trinajstić information content (AvgIpc) is 2.43. The summed E-state index contributed by atoms with van der Waals surface area (Å²) in [5.41, 5.74) is -0.598. The van der Waals surface area contributed by atoms with Crippen LogP contribution in [0.5, 0.6) is 0 Å². The zero-order valence-electron chi connectivity index (χ0n) is 11.5. The Labute approximate surface area is 119 Å². The van der Waals surface area contributed by atoms with E-state index >= 15 is 0 Å². The fourth-order valence-electron chi connectivity index (χ4n) is 1.49. The summed E-state index contributed by atoms with van der Waals surface area (Å²) in [6.45, 7) is 1.68. The molecule has 0 saturated heterocycles. The van der Waals surface area contributed by atoms with Gasteiger partial charge in [0.15, 0.2) is 0 Å². The Hall–Kier alpha value is -2.25. The number of ether oxygens (including phenoxy) is 1. The first kappa shape index (κ1) is 16.8. The van der Waals surface area contributed by atoms with Crippen LogP contribution in [0.4, 0.5) is 23.7 Å². The first-order valence-corrected chi connectivity index (χ1v) is 6.08. The van der Waals surface area contributed by atoms with Gasteiger partial charge in [-0.15, -0.1) is 0 Å². The van der Waals surface area contributed by atoms with Crippen molar-refractivity contribution in [3.8, 4) is 0 Å². The van der Waals surface area contributed by atoms with Gasteiger partial charge in [0.2, 0.25) is 0 Å². The minimum atomic E-state index is -4.43. The van der Waals surface area contributed by atoms with Crippen LogP contribution in [-0.4, -0.2) is 37.1 Å². The molecule has 0 atom stereocenters. The number of hydrogen-bond acceptors (Lipinski definition) is 3. The summed E-state index contributed by atoms with van der Waals surface area (Å²) < 4.78 is 41.7. The highest BCUT2D eigenvalue weighted by atomic mass is 19.4. The molecular formula is C13H15F3N2O3. The van der Waals surface area contributed by atoms with Crippen LogP contribution in [0.15, 0.2) is 24.3 Å². The number of urea groups is 1. The molecule has 8 heteroatoms. The number of carbonyl (C=O) groups excluding carboxylic acids is 2. The molecule has 0 unspecified atom stereocenters. The number of hydrogen-bond donors (Lipinski definition) is 1. The number of alkyl halides is 3. The topological polar surface area (TPSA) is 58.6 Å². The molecule has 0 spiro atoms. The number of benzene rings is 1. The average molecular weight is 304 g/mol. The van der Waals surface area contributed by atoms with Crippen LogP contribution in [0.3, 0.4) is 0 Å². The van der Waals surface area contributed by atoms with Gasteiger partial charge in [-0.05, 0) is 31.2 Å². The maximum Gasteiger partial charge on any atom is 0.416 e. The highest BCUT2D eigenvalue weighted by molar-refractivity contribution is 5.91. The lowest BCUT2D eigenvalue weighted by Gasteiger charge is -2.20. The number of halogens is 3. The summed E-state index contributed by atoms with van der Waals surface area (Å²) in [4.78, 5) is 24.2. The SMILES string of the molecule is CCN(CC(=O)OC)C(=O)Nc1ccc(C(F)(F)F)cc1. The second kappa shape index (κ2) is 6.96. The zero-order valence-corrected chi connectivity index (χ0v) is 11.5. The maximum absolute atomic E-state index is 12.4. The van der Waals surface area contributed by atoms with E-state index in [0.717, 1.165) is 24.3 Å². The minimum absolute atomic E-state index is 0.205. The predicted octanol–water partition coefficient (Wildman–Crippen LogP) is 2.73. The summed E-state index contributed by atoms with van der Waals surface area (Å²) in [5.74, 6) is -0.584. The molecule has 0 radical (unpaired) electrons. The first-order chi connectivity index (χ1) is 9.77. The van der Waals surface area contributed by atoms with Crippen molar-refractivity contribution in [1.29, 1.82) is 0 Å². The number of anilines is 1. The summed E-state index contributed by atoms with van der Waals surface area (Å²) >= 11 is 0. The van der Waals surface area contributed by atoms with E-state index < -0.39 is 23.7 Å². The molecule has 0 saturated carbocycles. The molecule has 1 aromatic carbocycles. The molecule has 0 bridgehead atoms. The Bertz CT molecular complexity index is 500. The Balaban J connectivity index is 2.71. The highest BCUT2D eigenvalue weighted by Gasteiger charge is 2.30. The Morgan fingerprint density at radius 2 is 1.81 bits per heavy atom. The van der Waals surface area contributed by atoms with Crippen LogP contribution < -0.4 is 5.32 Å². The predicted molar refractivity (Wildman–Crippen MR) is 69.7 cm³/mol. The lowest BCUT2D eigenvalue weighted by Crippen LogP contribution is -2.39. The van der Waals surface area contributed by atoms with E-state index in [2.05, 4.69) is 10.1 Å². The van der Waals surface area contributed by atoms with Crippen molar-refractivity contribution < 1.29 is 27.5 Å². The van der Waals surface area contributed by atoms with Crippen molar-refractivity contribution in [2.45, 2.75) is 13.1 Å². The van der Waals surface area contributed by atoms with Crippen molar-refractivity contribution in [2.75, 3.05) is 25.5 Å². The van der Waals surface area contributed by atoms with Gasteiger partial charge in [-0.3, -0.25) is 4.79 Å². The van der Waals surface area contributed by atoms with Crippen LogP contribution in [-0.2, 0) is 15.7 Å². The van der Waals surface area contributed by atoms with Crippen LogP contribution in [0.1, 0.15) is 12.5 Å². The summed E-state index contributed by atoms with van der Waals surface area (Å²) in [5, 5.41) is 2.41. The van der Waals surface area contributed by atoms with Gasteiger partial charge in [0, 0.05) is 12.2 Å². The molecule has 0 heterocycles.